The first-order chi connectivity index (χ1) is 14.0. The Morgan fingerprint density at radius 3 is 2.90 bits per heavy atom. The van der Waals surface area contributed by atoms with Crippen LogP contribution in [0.1, 0.15) is 32.4 Å². The predicted octanol–water partition coefficient (Wildman–Crippen LogP) is 2.96. The highest BCUT2D eigenvalue weighted by molar-refractivity contribution is 7.15. The minimum Gasteiger partial charge on any atom is -0.484 e. The van der Waals surface area contributed by atoms with Gasteiger partial charge < -0.3 is 14.2 Å². The molecule has 0 fully saturated rings. The summed E-state index contributed by atoms with van der Waals surface area (Å²) in [7, 11) is 0. The van der Waals surface area contributed by atoms with Crippen molar-refractivity contribution in [2.75, 3.05) is 18.5 Å². The summed E-state index contributed by atoms with van der Waals surface area (Å²) < 4.78 is 10.6. The zero-order chi connectivity index (χ0) is 20.4. The van der Waals surface area contributed by atoms with Crippen molar-refractivity contribution in [3.8, 4) is 5.75 Å². The van der Waals surface area contributed by atoms with Gasteiger partial charge in [-0.05, 0) is 25.5 Å². The van der Waals surface area contributed by atoms with E-state index in [0.29, 0.717) is 36.2 Å². The van der Waals surface area contributed by atoms with Crippen molar-refractivity contribution < 1.29 is 18.8 Å². The number of fused-ring (bicyclic) bond motifs is 1. The summed E-state index contributed by atoms with van der Waals surface area (Å²) in [6.45, 7) is 4.69. The number of benzene rings is 1. The van der Waals surface area contributed by atoms with Crippen LogP contribution in [0, 0.1) is 13.8 Å². The van der Waals surface area contributed by atoms with Gasteiger partial charge in [0.2, 0.25) is 0 Å². The SMILES string of the molecule is Cc1cc(C(=O)Nc2nc3c(s2)CN(C(=O)COc2ccccc2C)CC3)no1. The number of carbonyl (C=O) groups is 2. The molecule has 3 heterocycles. The van der Waals surface area contributed by atoms with Crippen LogP contribution in [0.25, 0.3) is 0 Å². The number of ether oxygens (including phenoxy) is 1. The monoisotopic (exact) mass is 412 g/mol. The Balaban J connectivity index is 1.36. The van der Waals surface area contributed by atoms with Crippen LogP contribution in [-0.4, -0.2) is 40.0 Å². The Hall–Kier alpha value is -3.20. The molecule has 8 nitrogen and oxygen atoms in total. The molecule has 4 rings (SSSR count). The number of hydrogen-bond acceptors (Lipinski definition) is 7. The molecule has 0 spiro atoms. The molecule has 0 aliphatic carbocycles. The van der Waals surface area contributed by atoms with Gasteiger partial charge >= 0.3 is 0 Å². The Kier molecular flexibility index (Phi) is 5.30. The first kappa shape index (κ1) is 19.1. The summed E-state index contributed by atoms with van der Waals surface area (Å²) >= 11 is 1.37. The fourth-order valence-electron chi connectivity index (χ4n) is 3.05. The van der Waals surface area contributed by atoms with Crippen molar-refractivity contribution in [2.24, 2.45) is 0 Å². The number of aryl methyl sites for hydroxylation is 2. The Morgan fingerprint density at radius 1 is 1.31 bits per heavy atom. The number of aromatic nitrogens is 2. The third-order valence-corrected chi connectivity index (χ3v) is 5.61. The number of nitrogens with zero attached hydrogens (tertiary/aromatic N) is 3. The van der Waals surface area contributed by atoms with Crippen LogP contribution >= 0.6 is 11.3 Å². The summed E-state index contributed by atoms with van der Waals surface area (Å²) in [6, 6.07) is 9.18. The Bertz CT molecular complexity index is 1060. The van der Waals surface area contributed by atoms with E-state index in [9.17, 15) is 9.59 Å². The molecule has 9 heteroatoms. The van der Waals surface area contributed by atoms with Gasteiger partial charge in [-0.1, -0.05) is 34.7 Å². The minimum atomic E-state index is -0.368. The number of carbonyl (C=O) groups excluding carboxylic acids is 2. The van der Waals surface area contributed by atoms with Gasteiger partial charge in [0, 0.05) is 23.9 Å². The van der Waals surface area contributed by atoms with Gasteiger partial charge in [0.05, 0.1) is 12.2 Å². The summed E-state index contributed by atoms with van der Waals surface area (Å²) in [5.74, 6) is 0.837. The van der Waals surface area contributed by atoms with Crippen molar-refractivity contribution in [1.29, 1.82) is 0 Å². The van der Waals surface area contributed by atoms with E-state index in [1.807, 2.05) is 31.2 Å². The van der Waals surface area contributed by atoms with E-state index in [2.05, 4.69) is 15.5 Å². The first-order valence-electron chi connectivity index (χ1n) is 9.19. The number of nitrogens with one attached hydrogen (secondary N) is 1. The average Bonchev–Trinajstić information content (AvgIpc) is 3.32. The molecule has 0 saturated carbocycles. The van der Waals surface area contributed by atoms with Crippen LogP contribution < -0.4 is 10.1 Å². The topological polar surface area (TPSA) is 97.6 Å². The number of thiazole rings is 1. The third-order valence-electron chi connectivity index (χ3n) is 4.61. The highest BCUT2D eigenvalue weighted by atomic mass is 32.1. The number of para-hydroxylation sites is 1. The molecule has 0 unspecified atom stereocenters. The van der Waals surface area contributed by atoms with E-state index >= 15 is 0 Å². The average molecular weight is 412 g/mol. The zero-order valence-electron chi connectivity index (χ0n) is 16.1. The maximum atomic E-state index is 12.6. The second-order valence-electron chi connectivity index (χ2n) is 6.79. The lowest BCUT2D eigenvalue weighted by Gasteiger charge is -2.26. The van der Waals surface area contributed by atoms with E-state index in [-0.39, 0.29) is 24.1 Å². The van der Waals surface area contributed by atoms with Gasteiger partial charge in [0.15, 0.2) is 17.4 Å². The standard InChI is InChI=1S/C20H20N4O4S/c1-12-5-3-4-6-16(12)27-11-18(25)24-8-7-14-17(10-24)29-20(21-14)22-19(26)15-9-13(2)28-23-15/h3-6,9H,7-8,10-11H2,1-2H3,(H,21,22,26). The van der Waals surface area contributed by atoms with Crippen molar-refractivity contribution >= 4 is 28.3 Å². The summed E-state index contributed by atoms with van der Waals surface area (Å²) in [5, 5.41) is 6.94. The molecule has 0 radical (unpaired) electrons. The summed E-state index contributed by atoms with van der Waals surface area (Å²) in [5.41, 5.74) is 2.11. The van der Waals surface area contributed by atoms with Gasteiger partial charge in [0.1, 0.15) is 11.5 Å². The fraction of sp³-hybridized carbons (Fsp3) is 0.300. The van der Waals surface area contributed by atoms with Crippen molar-refractivity contribution in [3.05, 3.63) is 57.9 Å². The molecular formula is C20H20N4O4S. The zero-order valence-corrected chi connectivity index (χ0v) is 16.9. The van der Waals surface area contributed by atoms with Crippen LogP contribution in [-0.2, 0) is 17.8 Å². The molecule has 2 aromatic heterocycles. The van der Waals surface area contributed by atoms with E-state index < -0.39 is 0 Å². The maximum Gasteiger partial charge on any atom is 0.279 e. The highest BCUT2D eigenvalue weighted by Crippen LogP contribution is 2.29. The van der Waals surface area contributed by atoms with Crippen LogP contribution in [0.2, 0.25) is 0 Å². The Labute approximate surface area is 171 Å². The van der Waals surface area contributed by atoms with Crippen molar-refractivity contribution in [3.63, 3.8) is 0 Å². The van der Waals surface area contributed by atoms with Gasteiger partial charge in [0.25, 0.3) is 11.8 Å². The third kappa shape index (κ3) is 4.29. The van der Waals surface area contributed by atoms with E-state index in [4.69, 9.17) is 9.26 Å². The number of anilines is 1. The molecule has 1 N–H and O–H groups in total. The van der Waals surface area contributed by atoms with E-state index in [0.717, 1.165) is 16.1 Å². The lowest BCUT2D eigenvalue weighted by Crippen LogP contribution is -2.38. The first-order valence-corrected chi connectivity index (χ1v) is 10.0. The van der Waals surface area contributed by atoms with E-state index in [1.165, 1.54) is 11.3 Å². The normalized spacial score (nSPS) is 13.1. The molecule has 3 aromatic rings. The van der Waals surface area contributed by atoms with Crippen LogP contribution in [0.15, 0.2) is 34.9 Å². The maximum absolute atomic E-state index is 12.6. The molecule has 1 aromatic carbocycles. The minimum absolute atomic E-state index is 0.00586. The molecular weight excluding hydrogens is 392 g/mol. The largest absolute Gasteiger partial charge is 0.484 e. The number of rotatable bonds is 5. The van der Waals surface area contributed by atoms with Crippen molar-refractivity contribution in [2.45, 2.75) is 26.8 Å². The molecule has 150 valence electrons. The quantitative estimate of drug-likeness (QED) is 0.692. The van der Waals surface area contributed by atoms with Gasteiger partial charge in [-0.15, -0.1) is 0 Å². The lowest BCUT2D eigenvalue weighted by atomic mass is 10.2. The second kappa shape index (κ2) is 8.04. The molecule has 1 aliphatic heterocycles. The molecule has 29 heavy (non-hydrogen) atoms. The van der Waals surface area contributed by atoms with Gasteiger partial charge in [-0.2, -0.15) is 0 Å². The molecule has 2 amide bonds. The number of amides is 2. The highest BCUT2D eigenvalue weighted by Gasteiger charge is 2.25. The van der Waals surface area contributed by atoms with Gasteiger partial charge in [-0.25, -0.2) is 4.98 Å². The molecule has 0 bridgehead atoms. The number of hydrogen-bond donors (Lipinski definition) is 1. The van der Waals surface area contributed by atoms with Gasteiger partial charge in [-0.3, -0.25) is 14.9 Å². The van der Waals surface area contributed by atoms with E-state index in [1.54, 1.807) is 17.9 Å². The smallest absolute Gasteiger partial charge is 0.279 e. The summed E-state index contributed by atoms with van der Waals surface area (Å²) in [6.07, 6.45) is 0.640. The Morgan fingerprint density at radius 2 is 2.14 bits per heavy atom. The summed E-state index contributed by atoms with van der Waals surface area (Å²) in [4.78, 5) is 32.0. The fourth-order valence-corrected chi connectivity index (χ4v) is 4.06. The predicted molar refractivity (Wildman–Crippen MR) is 107 cm³/mol. The second-order valence-corrected chi connectivity index (χ2v) is 7.87. The van der Waals surface area contributed by atoms with Crippen LogP contribution in [0.3, 0.4) is 0 Å². The van der Waals surface area contributed by atoms with Crippen molar-refractivity contribution in [1.82, 2.24) is 15.0 Å². The molecule has 1 aliphatic rings. The molecule has 0 atom stereocenters. The lowest BCUT2D eigenvalue weighted by molar-refractivity contribution is -0.134. The van der Waals surface area contributed by atoms with Crippen LogP contribution in [0.4, 0.5) is 5.13 Å². The van der Waals surface area contributed by atoms with Crippen LogP contribution in [0.5, 0.6) is 5.75 Å². The molecule has 0 saturated heterocycles.